The van der Waals surface area contributed by atoms with Gasteiger partial charge in [0, 0.05) is 0 Å². The Hall–Kier alpha value is -1.02. The third-order valence-electron chi connectivity index (χ3n) is 3.69. The highest BCUT2D eigenvalue weighted by Crippen LogP contribution is 2.30. The molecular weight excluding hydrogens is 224 g/mol. The summed E-state index contributed by atoms with van der Waals surface area (Å²) in [6.07, 6.45) is 5.50. The minimum Gasteiger partial charge on any atom is -0.491 e. The Bertz CT molecular complexity index is 373. The Kier molecular flexibility index (Phi) is 4.65. The van der Waals surface area contributed by atoms with Crippen molar-refractivity contribution in [3.05, 3.63) is 29.8 Å². The second kappa shape index (κ2) is 6.24. The highest BCUT2D eigenvalue weighted by Gasteiger charge is 2.24. The number of hydrogen-bond donors (Lipinski definition) is 1. The maximum atomic E-state index is 10.1. The maximum Gasteiger partial charge on any atom is 0.122 e. The highest BCUT2D eigenvalue weighted by atomic mass is 16.5. The molecule has 100 valence electrons. The molecular formula is C16H24O2. The van der Waals surface area contributed by atoms with Gasteiger partial charge in [0.15, 0.2) is 0 Å². The van der Waals surface area contributed by atoms with Gasteiger partial charge in [-0.1, -0.05) is 31.0 Å². The molecule has 1 aromatic carbocycles. The van der Waals surface area contributed by atoms with Crippen molar-refractivity contribution in [3.63, 3.8) is 0 Å². The Labute approximate surface area is 110 Å². The van der Waals surface area contributed by atoms with Gasteiger partial charge >= 0.3 is 0 Å². The molecule has 0 bridgehead atoms. The molecule has 0 heterocycles. The van der Waals surface area contributed by atoms with E-state index in [0.29, 0.717) is 5.92 Å². The van der Waals surface area contributed by atoms with E-state index in [1.54, 1.807) is 0 Å². The molecule has 1 fully saturated rings. The molecule has 2 heteroatoms. The van der Waals surface area contributed by atoms with Crippen LogP contribution >= 0.6 is 0 Å². The molecule has 1 saturated carbocycles. The summed E-state index contributed by atoms with van der Waals surface area (Å²) >= 11 is 0. The molecule has 0 spiro atoms. The second-order valence-corrected chi connectivity index (χ2v) is 5.59. The first kappa shape index (κ1) is 13.4. The van der Waals surface area contributed by atoms with Gasteiger partial charge in [-0.25, -0.2) is 0 Å². The van der Waals surface area contributed by atoms with Crippen LogP contribution in [0.3, 0.4) is 0 Å². The Balaban J connectivity index is 2.07. The number of para-hydroxylation sites is 1. The van der Waals surface area contributed by atoms with Gasteiger partial charge in [-0.15, -0.1) is 0 Å². The van der Waals surface area contributed by atoms with Crippen molar-refractivity contribution in [1.29, 1.82) is 0 Å². The molecule has 0 aromatic heterocycles. The lowest BCUT2D eigenvalue weighted by Gasteiger charge is -2.28. The molecule has 1 N–H and O–H groups in total. The van der Waals surface area contributed by atoms with Crippen LogP contribution in [0.15, 0.2) is 24.3 Å². The molecule has 2 rings (SSSR count). The molecule has 18 heavy (non-hydrogen) atoms. The molecule has 1 aromatic rings. The lowest BCUT2D eigenvalue weighted by molar-refractivity contribution is 0.0695. The average molecular weight is 248 g/mol. The monoisotopic (exact) mass is 248 g/mol. The Morgan fingerprint density at radius 3 is 2.67 bits per heavy atom. The first-order valence-electron chi connectivity index (χ1n) is 7.09. The van der Waals surface area contributed by atoms with Gasteiger partial charge in [-0.2, -0.15) is 0 Å². The fourth-order valence-electron chi connectivity index (χ4n) is 2.75. The summed E-state index contributed by atoms with van der Waals surface area (Å²) in [5, 5.41) is 10.1. The van der Waals surface area contributed by atoms with E-state index in [4.69, 9.17) is 4.74 Å². The van der Waals surface area contributed by atoms with Crippen LogP contribution in [-0.2, 0) is 6.42 Å². The van der Waals surface area contributed by atoms with Crippen LogP contribution in [0.4, 0.5) is 0 Å². The first-order valence-corrected chi connectivity index (χ1v) is 7.09. The quantitative estimate of drug-likeness (QED) is 0.882. The van der Waals surface area contributed by atoms with E-state index in [1.807, 2.05) is 26.0 Å². The first-order chi connectivity index (χ1) is 8.66. The van der Waals surface area contributed by atoms with Crippen LogP contribution in [0, 0.1) is 5.92 Å². The Morgan fingerprint density at radius 2 is 1.94 bits per heavy atom. The fraction of sp³-hybridized carbons (Fsp3) is 0.625. The molecule has 2 atom stereocenters. The van der Waals surface area contributed by atoms with Crippen molar-refractivity contribution in [2.45, 2.75) is 58.2 Å². The molecule has 2 nitrogen and oxygen atoms in total. The third-order valence-corrected chi connectivity index (χ3v) is 3.69. The minimum absolute atomic E-state index is 0.133. The van der Waals surface area contributed by atoms with E-state index >= 15 is 0 Å². The van der Waals surface area contributed by atoms with Gasteiger partial charge in [0.25, 0.3) is 0 Å². The van der Waals surface area contributed by atoms with Crippen LogP contribution in [-0.4, -0.2) is 17.3 Å². The summed E-state index contributed by atoms with van der Waals surface area (Å²) < 4.78 is 5.84. The van der Waals surface area contributed by atoms with Crippen molar-refractivity contribution in [1.82, 2.24) is 0 Å². The predicted octanol–water partition coefficient (Wildman–Crippen LogP) is 3.57. The van der Waals surface area contributed by atoms with E-state index in [-0.39, 0.29) is 12.2 Å². The van der Waals surface area contributed by atoms with Gasteiger partial charge in [0.05, 0.1) is 12.2 Å². The SMILES string of the molecule is CC(C)Oc1ccccc1CC1CCCCC1O. The van der Waals surface area contributed by atoms with Crippen LogP contribution in [0.2, 0.25) is 0 Å². The minimum atomic E-state index is -0.133. The summed E-state index contributed by atoms with van der Waals surface area (Å²) in [4.78, 5) is 0. The maximum absolute atomic E-state index is 10.1. The zero-order valence-corrected chi connectivity index (χ0v) is 11.4. The highest BCUT2D eigenvalue weighted by molar-refractivity contribution is 5.34. The number of benzene rings is 1. The zero-order chi connectivity index (χ0) is 13.0. The standard InChI is InChI=1S/C16H24O2/c1-12(2)18-16-10-6-4-8-14(16)11-13-7-3-5-9-15(13)17/h4,6,8,10,12-13,15,17H,3,5,7,9,11H2,1-2H3. The van der Waals surface area contributed by atoms with E-state index in [1.165, 1.54) is 18.4 Å². The van der Waals surface area contributed by atoms with Crippen LogP contribution < -0.4 is 4.74 Å². The van der Waals surface area contributed by atoms with Crippen molar-refractivity contribution >= 4 is 0 Å². The summed E-state index contributed by atoms with van der Waals surface area (Å²) in [6, 6.07) is 8.22. The predicted molar refractivity (Wildman–Crippen MR) is 73.9 cm³/mol. The fourth-order valence-corrected chi connectivity index (χ4v) is 2.75. The lowest BCUT2D eigenvalue weighted by Crippen LogP contribution is -2.26. The number of hydrogen-bond acceptors (Lipinski definition) is 2. The molecule has 1 aliphatic carbocycles. The van der Waals surface area contributed by atoms with Gasteiger partial charge in [0.2, 0.25) is 0 Å². The van der Waals surface area contributed by atoms with Crippen molar-refractivity contribution in [2.24, 2.45) is 5.92 Å². The van der Waals surface area contributed by atoms with E-state index in [0.717, 1.165) is 25.0 Å². The molecule has 1 aliphatic rings. The topological polar surface area (TPSA) is 29.5 Å². The molecule has 0 aliphatic heterocycles. The van der Waals surface area contributed by atoms with Crippen LogP contribution in [0.5, 0.6) is 5.75 Å². The van der Waals surface area contributed by atoms with Gasteiger partial charge in [0.1, 0.15) is 5.75 Å². The van der Waals surface area contributed by atoms with Gasteiger partial charge in [-0.3, -0.25) is 0 Å². The average Bonchev–Trinajstić information content (AvgIpc) is 2.34. The normalized spacial score (nSPS) is 24.2. The zero-order valence-electron chi connectivity index (χ0n) is 11.4. The number of rotatable bonds is 4. The Morgan fingerprint density at radius 1 is 1.22 bits per heavy atom. The van der Waals surface area contributed by atoms with Crippen LogP contribution in [0.25, 0.3) is 0 Å². The van der Waals surface area contributed by atoms with E-state index < -0.39 is 0 Å². The smallest absolute Gasteiger partial charge is 0.122 e. The number of ether oxygens (including phenoxy) is 1. The van der Waals surface area contributed by atoms with Crippen molar-refractivity contribution in [3.8, 4) is 5.75 Å². The summed E-state index contributed by atoms with van der Waals surface area (Å²) in [5.41, 5.74) is 1.23. The van der Waals surface area contributed by atoms with Crippen molar-refractivity contribution < 1.29 is 9.84 Å². The number of aliphatic hydroxyl groups excluding tert-OH is 1. The van der Waals surface area contributed by atoms with E-state index in [9.17, 15) is 5.11 Å². The van der Waals surface area contributed by atoms with E-state index in [2.05, 4.69) is 12.1 Å². The third kappa shape index (κ3) is 3.49. The molecule has 2 unspecified atom stereocenters. The van der Waals surface area contributed by atoms with Crippen LogP contribution in [0.1, 0.15) is 45.1 Å². The van der Waals surface area contributed by atoms with Crippen molar-refractivity contribution in [2.75, 3.05) is 0 Å². The number of aliphatic hydroxyl groups is 1. The summed E-state index contributed by atoms with van der Waals surface area (Å²) in [7, 11) is 0. The second-order valence-electron chi connectivity index (χ2n) is 5.59. The van der Waals surface area contributed by atoms with Gasteiger partial charge < -0.3 is 9.84 Å². The lowest BCUT2D eigenvalue weighted by atomic mass is 9.82. The molecule has 0 amide bonds. The largest absolute Gasteiger partial charge is 0.491 e. The molecule has 0 radical (unpaired) electrons. The van der Waals surface area contributed by atoms with Gasteiger partial charge in [-0.05, 0) is 50.7 Å². The molecule has 0 saturated heterocycles. The summed E-state index contributed by atoms with van der Waals surface area (Å²) in [5.74, 6) is 1.38. The summed E-state index contributed by atoms with van der Waals surface area (Å²) in [6.45, 7) is 4.10.